The van der Waals surface area contributed by atoms with E-state index in [9.17, 15) is 9.59 Å². The Kier molecular flexibility index (Phi) is 5.45. The zero-order valence-corrected chi connectivity index (χ0v) is 12.8. The summed E-state index contributed by atoms with van der Waals surface area (Å²) in [7, 11) is 0. The van der Waals surface area contributed by atoms with Crippen LogP contribution in [0.25, 0.3) is 0 Å². The molecule has 1 fully saturated rings. The number of piperidine rings is 1. The van der Waals surface area contributed by atoms with E-state index in [4.69, 9.17) is 28.3 Å². The van der Waals surface area contributed by atoms with Gasteiger partial charge in [0.15, 0.2) is 0 Å². The van der Waals surface area contributed by atoms with E-state index in [1.165, 1.54) is 0 Å². The van der Waals surface area contributed by atoms with Gasteiger partial charge >= 0.3 is 5.97 Å². The van der Waals surface area contributed by atoms with Gasteiger partial charge in [-0.25, -0.2) is 0 Å². The molecule has 1 atom stereocenters. The number of carboxylic acids is 1. The largest absolute Gasteiger partial charge is 0.480 e. The Bertz CT molecular complexity index is 551. The molecule has 2 N–H and O–H groups in total. The first kappa shape index (κ1) is 16.1. The van der Waals surface area contributed by atoms with E-state index >= 15 is 0 Å². The van der Waals surface area contributed by atoms with Gasteiger partial charge in [0.1, 0.15) is 0 Å². The standard InChI is InChI=1S/C14H16Cl2N2O3/c15-10-5-4-9(7-11(10)16)17-14(21)12-3-1-2-6-18(12)8-13(19)20/h4-5,7,12H,1-3,6,8H2,(H,17,21)(H,19,20)/t12-/m1/s1. The maximum Gasteiger partial charge on any atom is 0.317 e. The van der Waals surface area contributed by atoms with E-state index in [1.807, 2.05) is 0 Å². The first-order valence-electron chi connectivity index (χ1n) is 6.69. The fraction of sp³-hybridized carbons (Fsp3) is 0.429. The summed E-state index contributed by atoms with van der Waals surface area (Å²) in [6.45, 7) is 0.491. The van der Waals surface area contributed by atoms with Crippen LogP contribution in [0, 0.1) is 0 Å². The highest BCUT2D eigenvalue weighted by Crippen LogP contribution is 2.26. The Morgan fingerprint density at radius 1 is 1.29 bits per heavy atom. The Morgan fingerprint density at radius 3 is 2.71 bits per heavy atom. The number of likely N-dealkylation sites (tertiary alicyclic amines) is 1. The van der Waals surface area contributed by atoms with Crippen molar-refractivity contribution in [2.45, 2.75) is 25.3 Å². The average molecular weight is 331 g/mol. The third-order valence-electron chi connectivity index (χ3n) is 3.44. The molecular weight excluding hydrogens is 315 g/mol. The van der Waals surface area contributed by atoms with Gasteiger partial charge in [0.05, 0.1) is 22.6 Å². The number of carboxylic acid groups (broad SMARTS) is 1. The lowest BCUT2D eigenvalue weighted by Crippen LogP contribution is -2.49. The molecule has 5 nitrogen and oxygen atoms in total. The van der Waals surface area contributed by atoms with Crippen molar-refractivity contribution in [2.75, 3.05) is 18.4 Å². The third kappa shape index (κ3) is 4.33. The molecule has 0 radical (unpaired) electrons. The molecule has 0 spiro atoms. The third-order valence-corrected chi connectivity index (χ3v) is 4.18. The summed E-state index contributed by atoms with van der Waals surface area (Å²) in [5.41, 5.74) is 0.551. The molecule has 0 saturated carbocycles. The summed E-state index contributed by atoms with van der Waals surface area (Å²) in [6.07, 6.45) is 2.47. The Labute approximate surface area is 132 Å². The number of rotatable bonds is 4. The van der Waals surface area contributed by atoms with Crippen LogP contribution in [0.5, 0.6) is 0 Å². The van der Waals surface area contributed by atoms with Gasteiger partial charge < -0.3 is 10.4 Å². The fourth-order valence-electron chi connectivity index (χ4n) is 2.45. The number of carbonyl (C=O) groups excluding carboxylic acids is 1. The van der Waals surface area contributed by atoms with Crippen molar-refractivity contribution in [1.82, 2.24) is 4.90 Å². The Balaban J connectivity index is 2.06. The smallest absolute Gasteiger partial charge is 0.317 e. The van der Waals surface area contributed by atoms with Gasteiger partial charge in [0.25, 0.3) is 0 Å². The summed E-state index contributed by atoms with van der Waals surface area (Å²) in [5.74, 6) is -1.14. The lowest BCUT2D eigenvalue weighted by molar-refractivity contribution is -0.140. The molecule has 0 unspecified atom stereocenters. The maximum atomic E-state index is 12.3. The van der Waals surface area contributed by atoms with Crippen molar-refractivity contribution in [2.24, 2.45) is 0 Å². The lowest BCUT2D eigenvalue weighted by Gasteiger charge is -2.33. The second-order valence-electron chi connectivity index (χ2n) is 4.99. The number of hydrogen-bond acceptors (Lipinski definition) is 3. The van der Waals surface area contributed by atoms with Crippen LogP contribution in [0.2, 0.25) is 10.0 Å². The quantitative estimate of drug-likeness (QED) is 0.890. The summed E-state index contributed by atoms with van der Waals surface area (Å²) in [5, 5.41) is 12.5. The van der Waals surface area contributed by atoms with Crippen molar-refractivity contribution in [3.8, 4) is 0 Å². The van der Waals surface area contributed by atoms with E-state index in [1.54, 1.807) is 23.1 Å². The van der Waals surface area contributed by atoms with E-state index in [0.717, 1.165) is 12.8 Å². The van der Waals surface area contributed by atoms with Crippen LogP contribution in [0.3, 0.4) is 0 Å². The predicted molar refractivity (Wildman–Crippen MR) is 81.9 cm³/mol. The normalized spacial score (nSPS) is 19.2. The second-order valence-corrected chi connectivity index (χ2v) is 5.81. The van der Waals surface area contributed by atoms with Crippen LogP contribution in [-0.2, 0) is 9.59 Å². The first-order chi connectivity index (χ1) is 9.97. The monoisotopic (exact) mass is 330 g/mol. The highest BCUT2D eigenvalue weighted by atomic mass is 35.5. The van der Waals surface area contributed by atoms with Gasteiger partial charge in [-0.05, 0) is 37.6 Å². The van der Waals surface area contributed by atoms with Gasteiger partial charge in [-0.15, -0.1) is 0 Å². The highest BCUT2D eigenvalue weighted by molar-refractivity contribution is 6.42. The van der Waals surface area contributed by atoms with Gasteiger partial charge in [-0.3, -0.25) is 14.5 Å². The van der Waals surface area contributed by atoms with Crippen LogP contribution in [0.15, 0.2) is 18.2 Å². The minimum absolute atomic E-state index is 0.126. The Morgan fingerprint density at radius 2 is 2.05 bits per heavy atom. The molecule has 1 saturated heterocycles. The van der Waals surface area contributed by atoms with Gasteiger partial charge in [-0.1, -0.05) is 29.6 Å². The number of halogens is 2. The predicted octanol–water partition coefficient (Wildman–Crippen LogP) is 2.87. The number of aliphatic carboxylic acids is 1. The number of nitrogens with one attached hydrogen (secondary N) is 1. The summed E-state index contributed by atoms with van der Waals surface area (Å²) in [6, 6.07) is 4.42. The minimum Gasteiger partial charge on any atom is -0.480 e. The number of nitrogens with zero attached hydrogens (tertiary/aromatic N) is 1. The van der Waals surface area contributed by atoms with Crippen LogP contribution in [0.4, 0.5) is 5.69 Å². The molecule has 1 aromatic carbocycles. The number of anilines is 1. The van der Waals surface area contributed by atoms with Crippen molar-refractivity contribution in [3.05, 3.63) is 28.2 Å². The number of hydrogen-bond donors (Lipinski definition) is 2. The number of carbonyl (C=O) groups is 2. The molecule has 114 valence electrons. The minimum atomic E-state index is -0.927. The van der Waals surface area contributed by atoms with Gasteiger partial charge in [0.2, 0.25) is 5.91 Å². The van der Waals surface area contributed by atoms with E-state index in [0.29, 0.717) is 28.7 Å². The molecule has 21 heavy (non-hydrogen) atoms. The van der Waals surface area contributed by atoms with Gasteiger partial charge in [0, 0.05) is 5.69 Å². The van der Waals surface area contributed by atoms with E-state index in [-0.39, 0.29) is 12.5 Å². The van der Waals surface area contributed by atoms with Crippen molar-refractivity contribution >= 4 is 40.8 Å². The highest BCUT2D eigenvalue weighted by Gasteiger charge is 2.29. The zero-order chi connectivity index (χ0) is 15.4. The first-order valence-corrected chi connectivity index (χ1v) is 7.44. The van der Waals surface area contributed by atoms with Crippen LogP contribution in [0.1, 0.15) is 19.3 Å². The number of amides is 1. The average Bonchev–Trinajstić information content (AvgIpc) is 2.43. The maximum absolute atomic E-state index is 12.3. The van der Waals surface area contributed by atoms with E-state index in [2.05, 4.69) is 5.32 Å². The second kappa shape index (κ2) is 7.11. The Hall–Kier alpha value is -1.30. The van der Waals surface area contributed by atoms with E-state index < -0.39 is 12.0 Å². The lowest BCUT2D eigenvalue weighted by atomic mass is 10.0. The van der Waals surface area contributed by atoms with Crippen LogP contribution < -0.4 is 5.32 Å². The van der Waals surface area contributed by atoms with Gasteiger partial charge in [-0.2, -0.15) is 0 Å². The van der Waals surface area contributed by atoms with Crippen molar-refractivity contribution < 1.29 is 14.7 Å². The number of benzene rings is 1. The molecule has 1 heterocycles. The van der Waals surface area contributed by atoms with Crippen molar-refractivity contribution in [1.29, 1.82) is 0 Å². The van der Waals surface area contributed by atoms with Crippen LogP contribution >= 0.6 is 23.2 Å². The molecule has 1 aromatic rings. The molecule has 0 aliphatic carbocycles. The summed E-state index contributed by atoms with van der Waals surface area (Å²) >= 11 is 11.7. The van der Waals surface area contributed by atoms with Crippen molar-refractivity contribution in [3.63, 3.8) is 0 Å². The molecular formula is C14H16Cl2N2O3. The molecule has 1 amide bonds. The van der Waals surface area contributed by atoms with Crippen LogP contribution in [-0.4, -0.2) is 41.0 Å². The molecule has 1 aliphatic heterocycles. The molecule has 0 bridgehead atoms. The SMILES string of the molecule is O=C(O)CN1CCCC[C@@H]1C(=O)Nc1ccc(Cl)c(Cl)c1. The zero-order valence-electron chi connectivity index (χ0n) is 11.3. The molecule has 2 rings (SSSR count). The summed E-state index contributed by atoms with van der Waals surface area (Å²) < 4.78 is 0. The molecule has 7 heteroatoms. The topological polar surface area (TPSA) is 69.6 Å². The molecule has 1 aliphatic rings. The fourth-order valence-corrected chi connectivity index (χ4v) is 2.75. The molecule has 0 aromatic heterocycles. The summed E-state index contributed by atoms with van der Waals surface area (Å²) in [4.78, 5) is 24.9.